The second-order valence-corrected chi connectivity index (χ2v) is 4.29. The van der Waals surface area contributed by atoms with E-state index in [1.54, 1.807) is 6.08 Å². The van der Waals surface area contributed by atoms with Crippen LogP contribution in [0.1, 0.15) is 24.6 Å². The van der Waals surface area contributed by atoms with E-state index in [9.17, 15) is 4.79 Å². The van der Waals surface area contributed by atoms with Gasteiger partial charge >= 0.3 is 0 Å². The third-order valence-corrected chi connectivity index (χ3v) is 2.91. The maximum absolute atomic E-state index is 11.7. The Morgan fingerprint density at radius 3 is 2.87 bits per heavy atom. The molecular weight excluding hydrogens is 208 g/mol. The number of H-pyrrole nitrogens is 1. The quantitative estimate of drug-likeness (QED) is 0.474. The topological polar surface area (TPSA) is 45.8 Å². The molecule has 0 radical (unpaired) electrons. The predicted octanol–water partition coefficient (Wildman–Crippen LogP) is 2.31. The highest BCUT2D eigenvalue weighted by Gasteiger charge is 2.06. The molecule has 0 amide bonds. The van der Waals surface area contributed by atoms with Crippen molar-refractivity contribution >= 4 is 11.8 Å². The normalized spacial score (nSPS) is 10.3. The molecule has 1 rings (SSSR count). The maximum atomic E-state index is 11.7. The molecule has 82 valence electrons. The molecule has 0 aliphatic heterocycles. The fourth-order valence-corrected chi connectivity index (χ4v) is 1.98. The van der Waals surface area contributed by atoms with Crippen molar-refractivity contribution in [1.82, 2.24) is 9.97 Å². The fourth-order valence-electron chi connectivity index (χ4n) is 1.34. The van der Waals surface area contributed by atoms with Crippen LogP contribution in [0.2, 0.25) is 0 Å². The molecule has 0 aliphatic rings. The Bertz CT molecular complexity index is 398. The number of hydrogen-bond acceptors (Lipinski definition) is 3. The molecule has 0 saturated carbocycles. The zero-order valence-corrected chi connectivity index (χ0v) is 9.99. The van der Waals surface area contributed by atoms with Crippen molar-refractivity contribution in [3.8, 4) is 0 Å². The van der Waals surface area contributed by atoms with Gasteiger partial charge in [-0.25, -0.2) is 4.98 Å². The van der Waals surface area contributed by atoms with Crippen molar-refractivity contribution in [1.29, 1.82) is 0 Å². The zero-order valence-electron chi connectivity index (χ0n) is 9.17. The first-order valence-electron chi connectivity index (χ1n) is 5.02. The minimum absolute atomic E-state index is 0.00378. The number of nitrogens with one attached hydrogen (secondary N) is 1. The van der Waals surface area contributed by atoms with Crippen LogP contribution in [0, 0.1) is 6.92 Å². The number of aryl methyl sites for hydroxylation is 1. The van der Waals surface area contributed by atoms with Gasteiger partial charge in [-0.3, -0.25) is 4.79 Å². The van der Waals surface area contributed by atoms with Crippen molar-refractivity contribution in [3.63, 3.8) is 0 Å². The highest BCUT2D eigenvalue weighted by atomic mass is 32.2. The number of hydrogen-bond donors (Lipinski definition) is 1. The Morgan fingerprint density at radius 2 is 2.33 bits per heavy atom. The van der Waals surface area contributed by atoms with E-state index in [1.165, 1.54) is 11.8 Å². The zero-order chi connectivity index (χ0) is 11.3. The standard InChI is InChI=1S/C11H16N2OS/c1-4-6-9-8(3)12-11(13-10(9)14)15-7-5-2/h5H,2,4,6-7H2,1,3H3,(H,12,13,14). The van der Waals surface area contributed by atoms with Crippen LogP contribution in [0.15, 0.2) is 22.6 Å². The molecule has 15 heavy (non-hydrogen) atoms. The van der Waals surface area contributed by atoms with Gasteiger partial charge in [-0.15, -0.1) is 6.58 Å². The van der Waals surface area contributed by atoms with Gasteiger partial charge in [0.15, 0.2) is 5.16 Å². The first-order chi connectivity index (χ1) is 7.19. The second-order valence-electron chi connectivity index (χ2n) is 3.28. The lowest BCUT2D eigenvalue weighted by molar-refractivity contribution is 0.819. The summed E-state index contributed by atoms with van der Waals surface area (Å²) in [6, 6.07) is 0. The van der Waals surface area contributed by atoms with Crippen LogP contribution in [0.5, 0.6) is 0 Å². The summed E-state index contributed by atoms with van der Waals surface area (Å²) in [4.78, 5) is 18.8. The molecule has 1 aromatic heterocycles. The van der Waals surface area contributed by atoms with Gasteiger partial charge < -0.3 is 4.98 Å². The number of aromatic amines is 1. The summed E-state index contributed by atoms with van der Waals surface area (Å²) >= 11 is 1.49. The molecule has 0 atom stereocenters. The summed E-state index contributed by atoms with van der Waals surface area (Å²) in [6.07, 6.45) is 3.55. The molecule has 4 heteroatoms. The molecule has 0 bridgehead atoms. The fraction of sp³-hybridized carbons (Fsp3) is 0.455. The summed E-state index contributed by atoms with van der Waals surface area (Å²) in [6.45, 7) is 7.57. The smallest absolute Gasteiger partial charge is 0.254 e. The van der Waals surface area contributed by atoms with Crippen molar-refractivity contribution in [3.05, 3.63) is 34.3 Å². The van der Waals surface area contributed by atoms with Gasteiger partial charge in [0.1, 0.15) is 0 Å². The van der Waals surface area contributed by atoms with E-state index in [0.717, 1.165) is 29.9 Å². The number of nitrogens with zero attached hydrogens (tertiary/aromatic N) is 1. The Morgan fingerprint density at radius 1 is 1.60 bits per heavy atom. The molecule has 0 aromatic carbocycles. The molecule has 1 N–H and O–H groups in total. The van der Waals surface area contributed by atoms with Crippen LogP contribution in [0.25, 0.3) is 0 Å². The lowest BCUT2D eigenvalue weighted by atomic mass is 10.1. The number of rotatable bonds is 5. The van der Waals surface area contributed by atoms with Gasteiger partial charge in [0.25, 0.3) is 5.56 Å². The summed E-state index contributed by atoms with van der Waals surface area (Å²) in [5.74, 6) is 0.759. The van der Waals surface area contributed by atoms with E-state index in [-0.39, 0.29) is 5.56 Å². The van der Waals surface area contributed by atoms with Crippen LogP contribution >= 0.6 is 11.8 Å². The summed E-state index contributed by atoms with van der Waals surface area (Å²) in [5, 5.41) is 0.678. The van der Waals surface area contributed by atoms with Gasteiger partial charge in [0.2, 0.25) is 0 Å². The summed E-state index contributed by atoms with van der Waals surface area (Å²) < 4.78 is 0. The predicted molar refractivity (Wildman–Crippen MR) is 64.5 cm³/mol. The largest absolute Gasteiger partial charge is 0.301 e. The van der Waals surface area contributed by atoms with Crippen molar-refractivity contribution in [2.24, 2.45) is 0 Å². The lowest BCUT2D eigenvalue weighted by Gasteiger charge is -2.04. The molecule has 0 unspecified atom stereocenters. The first kappa shape index (κ1) is 12.0. The van der Waals surface area contributed by atoms with Crippen molar-refractivity contribution < 1.29 is 0 Å². The Labute approximate surface area is 94.0 Å². The minimum atomic E-state index is -0.00378. The third-order valence-electron chi connectivity index (χ3n) is 2.04. The van der Waals surface area contributed by atoms with Crippen molar-refractivity contribution in [2.75, 3.05) is 5.75 Å². The van der Waals surface area contributed by atoms with E-state index in [4.69, 9.17) is 0 Å². The molecule has 0 fully saturated rings. The van der Waals surface area contributed by atoms with E-state index < -0.39 is 0 Å². The highest BCUT2D eigenvalue weighted by Crippen LogP contribution is 2.12. The van der Waals surface area contributed by atoms with Gasteiger partial charge in [0.05, 0.1) is 0 Å². The summed E-state index contributed by atoms with van der Waals surface area (Å²) in [7, 11) is 0. The Hall–Kier alpha value is -1.03. The Balaban J connectivity index is 2.97. The van der Waals surface area contributed by atoms with E-state index >= 15 is 0 Å². The van der Waals surface area contributed by atoms with Crippen molar-refractivity contribution in [2.45, 2.75) is 31.8 Å². The lowest BCUT2D eigenvalue weighted by Crippen LogP contribution is -2.17. The van der Waals surface area contributed by atoms with Gasteiger partial charge in [-0.1, -0.05) is 31.2 Å². The van der Waals surface area contributed by atoms with Gasteiger partial charge in [-0.2, -0.15) is 0 Å². The molecule has 1 heterocycles. The van der Waals surface area contributed by atoms with Gasteiger partial charge in [0, 0.05) is 17.0 Å². The van der Waals surface area contributed by atoms with Gasteiger partial charge in [-0.05, 0) is 13.3 Å². The SMILES string of the molecule is C=CCSc1nc(C)c(CCC)c(=O)[nH]1. The highest BCUT2D eigenvalue weighted by molar-refractivity contribution is 7.99. The average Bonchev–Trinajstić information content (AvgIpc) is 2.20. The summed E-state index contributed by atoms with van der Waals surface area (Å²) in [5.41, 5.74) is 1.64. The third kappa shape index (κ3) is 3.23. The second kappa shape index (κ2) is 5.75. The molecular formula is C11H16N2OS. The number of aromatic nitrogens is 2. The van der Waals surface area contributed by atoms with Crippen LogP contribution < -0.4 is 5.56 Å². The van der Waals surface area contributed by atoms with E-state index in [1.807, 2.05) is 6.92 Å². The molecule has 1 aromatic rings. The minimum Gasteiger partial charge on any atom is -0.301 e. The van der Waals surface area contributed by atoms with E-state index in [2.05, 4.69) is 23.5 Å². The monoisotopic (exact) mass is 224 g/mol. The number of thioether (sulfide) groups is 1. The van der Waals surface area contributed by atoms with Crippen LogP contribution in [0.3, 0.4) is 0 Å². The molecule has 3 nitrogen and oxygen atoms in total. The molecule has 0 saturated heterocycles. The average molecular weight is 224 g/mol. The van der Waals surface area contributed by atoms with Crippen LogP contribution in [0.4, 0.5) is 0 Å². The first-order valence-corrected chi connectivity index (χ1v) is 6.01. The van der Waals surface area contributed by atoms with E-state index in [0.29, 0.717) is 5.16 Å². The Kier molecular flexibility index (Phi) is 4.62. The van der Waals surface area contributed by atoms with Crippen LogP contribution in [-0.4, -0.2) is 15.7 Å². The molecule has 0 spiro atoms. The maximum Gasteiger partial charge on any atom is 0.254 e. The molecule has 0 aliphatic carbocycles. The van der Waals surface area contributed by atoms with Crippen LogP contribution in [-0.2, 0) is 6.42 Å².